The van der Waals surface area contributed by atoms with Crippen LogP contribution in [0, 0.1) is 0 Å². The van der Waals surface area contributed by atoms with Gasteiger partial charge < -0.3 is 9.67 Å². The third-order valence-corrected chi connectivity index (χ3v) is 3.68. The quantitative estimate of drug-likeness (QED) is 0.916. The van der Waals surface area contributed by atoms with Crippen molar-refractivity contribution in [2.45, 2.75) is 33.4 Å². The van der Waals surface area contributed by atoms with Crippen LogP contribution in [0.25, 0.3) is 0 Å². The van der Waals surface area contributed by atoms with Crippen molar-refractivity contribution in [2.24, 2.45) is 0 Å². The van der Waals surface area contributed by atoms with E-state index in [1.807, 2.05) is 13.8 Å². The number of halogens is 1. The average Bonchev–Trinajstić information content (AvgIpc) is 2.77. The average molecular weight is 310 g/mol. The lowest BCUT2D eigenvalue weighted by Gasteiger charge is -2.09. The molecule has 2 aromatic heterocycles. The lowest BCUT2D eigenvalue weighted by atomic mass is 10.2. The van der Waals surface area contributed by atoms with Crippen molar-refractivity contribution < 1.29 is 9.90 Å². The van der Waals surface area contributed by atoms with E-state index >= 15 is 0 Å². The van der Waals surface area contributed by atoms with Gasteiger partial charge in [-0.3, -0.25) is 9.48 Å². The molecule has 0 aliphatic carbocycles. The number of aromatic carboxylic acids is 1. The number of aryl methyl sites for hydroxylation is 2. The van der Waals surface area contributed by atoms with Crippen molar-refractivity contribution in [1.82, 2.24) is 14.3 Å². The van der Waals surface area contributed by atoms with Crippen LogP contribution in [0.5, 0.6) is 0 Å². The molecule has 2 heterocycles. The van der Waals surface area contributed by atoms with E-state index < -0.39 is 5.97 Å². The van der Waals surface area contributed by atoms with E-state index in [0.717, 1.165) is 5.69 Å². The Bertz CT molecular complexity index is 734. The minimum absolute atomic E-state index is 0.0593. The van der Waals surface area contributed by atoms with Gasteiger partial charge in [-0.15, -0.1) is 0 Å². The van der Waals surface area contributed by atoms with Crippen LogP contribution < -0.4 is 5.56 Å². The smallest absolute Gasteiger partial charge is 0.337 e. The van der Waals surface area contributed by atoms with Gasteiger partial charge in [0, 0.05) is 18.8 Å². The topological polar surface area (TPSA) is 77.1 Å². The summed E-state index contributed by atoms with van der Waals surface area (Å²) in [4.78, 5) is 22.9. The third-order valence-electron chi connectivity index (χ3n) is 3.24. The van der Waals surface area contributed by atoms with Gasteiger partial charge in [0.1, 0.15) is 0 Å². The molecule has 112 valence electrons. The highest BCUT2D eigenvalue weighted by Crippen LogP contribution is 2.22. The Balaban J connectivity index is 2.47. The first-order chi connectivity index (χ1) is 9.97. The molecule has 6 nitrogen and oxygen atoms in total. The molecule has 0 bridgehead atoms. The van der Waals surface area contributed by atoms with Crippen molar-refractivity contribution in [2.75, 3.05) is 0 Å². The Morgan fingerprint density at radius 3 is 2.67 bits per heavy atom. The predicted molar refractivity (Wildman–Crippen MR) is 79.1 cm³/mol. The number of rotatable bonds is 5. The maximum atomic E-state index is 11.9. The molecule has 0 atom stereocenters. The lowest BCUT2D eigenvalue weighted by molar-refractivity contribution is 0.0696. The fourth-order valence-electron chi connectivity index (χ4n) is 2.11. The SMILES string of the molecule is CCc1nn(CC)c(Cn2cc(C(=O)O)ccc2=O)c1Cl. The van der Waals surface area contributed by atoms with E-state index in [0.29, 0.717) is 23.7 Å². The summed E-state index contributed by atoms with van der Waals surface area (Å²) in [5.74, 6) is -1.08. The van der Waals surface area contributed by atoms with E-state index in [-0.39, 0.29) is 17.7 Å². The molecule has 0 aromatic carbocycles. The number of nitrogens with zero attached hydrogens (tertiary/aromatic N) is 3. The largest absolute Gasteiger partial charge is 0.478 e. The Hall–Kier alpha value is -2.08. The first-order valence-electron chi connectivity index (χ1n) is 6.65. The zero-order valence-corrected chi connectivity index (χ0v) is 12.6. The summed E-state index contributed by atoms with van der Waals surface area (Å²) < 4.78 is 3.07. The molecule has 0 saturated heterocycles. The van der Waals surface area contributed by atoms with Crippen LogP contribution in [-0.4, -0.2) is 25.4 Å². The maximum Gasteiger partial charge on any atom is 0.337 e. The summed E-state index contributed by atoms with van der Waals surface area (Å²) >= 11 is 6.30. The Morgan fingerprint density at radius 1 is 1.38 bits per heavy atom. The Labute approximate surface area is 126 Å². The highest BCUT2D eigenvalue weighted by molar-refractivity contribution is 6.31. The van der Waals surface area contributed by atoms with Crippen molar-refractivity contribution in [3.8, 4) is 0 Å². The third kappa shape index (κ3) is 3.00. The highest BCUT2D eigenvalue weighted by Gasteiger charge is 2.15. The summed E-state index contributed by atoms with van der Waals surface area (Å²) in [6.07, 6.45) is 2.02. The fourth-order valence-corrected chi connectivity index (χ4v) is 2.44. The second-order valence-electron chi connectivity index (χ2n) is 4.57. The van der Waals surface area contributed by atoms with E-state index in [1.54, 1.807) is 4.68 Å². The molecule has 0 aliphatic rings. The van der Waals surface area contributed by atoms with Gasteiger partial charge in [-0.25, -0.2) is 4.79 Å². The highest BCUT2D eigenvalue weighted by atomic mass is 35.5. The number of aromatic nitrogens is 3. The zero-order valence-electron chi connectivity index (χ0n) is 11.8. The van der Waals surface area contributed by atoms with Gasteiger partial charge in [-0.1, -0.05) is 18.5 Å². The summed E-state index contributed by atoms with van der Waals surface area (Å²) in [6, 6.07) is 2.53. The molecule has 1 N–H and O–H groups in total. The van der Waals surface area contributed by atoms with Gasteiger partial charge >= 0.3 is 5.97 Å². The number of carboxylic acid groups (broad SMARTS) is 1. The van der Waals surface area contributed by atoms with Gasteiger partial charge in [0.2, 0.25) is 0 Å². The van der Waals surface area contributed by atoms with E-state index in [2.05, 4.69) is 5.10 Å². The van der Waals surface area contributed by atoms with Crippen molar-refractivity contribution >= 4 is 17.6 Å². The Kier molecular flexibility index (Phi) is 4.47. The standard InChI is InChI=1S/C14H16ClN3O3/c1-3-10-13(15)11(18(4-2)16-10)8-17-7-9(14(20)21)5-6-12(17)19/h5-7H,3-4,8H2,1-2H3,(H,20,21). The van der Waals surface area contributed by atoms with Crippen LogP contribution in [0.3, 0.4) is 0 Å². The number of carbonyl (C=O) groups is 1. The van der Waals surface area contributed by atoms with Crippen molar-refractivity contribution in [3.05, 3.63) is 50.7 Å². The number of hydrogen-bond acceptors (Lipinski definition) is 3. The number of hydrogen-bond donors (Lipinski definition) is 1. The van der Waals surface area contributed by atoms with Crippen LogP contribution in [0.2, 0.25) is 5.02 Å². The second kappa shape index (κ2) is 6.13. The van der Waals surface area contributed by atoms with Gasteiger partial charge in [0.15, 0.2) is 0 Å². The minimum Gasteiger partial charge on any atom is -0.478 e. The fraction of sp³-hybridized carbons (Fsp3) is 0.357. The van der Waals surface area contributed by atoms with Crippen LogP contribution >= 0.6 is 11.6 Å². The molecule has 0 fully saturated rings. The van der Waals surface area contributed by atoms with E-state index in [1.165, 1.54) is 22.9 Å². The molecule has 0 spiro atoms. The molecule has 0 radical (unpaired) electrons. The number of carboxylic acids is 1. The van der Waals surface area contributed by atoms with Crippen LogP contribution in [-0.2, 0) is 19.5 Å². The van der Waals surface area contributed by atoms with Gasteiger partial charge in [0.25, 0.3) is 5.56 Å². The van der Waals surface area contributed by atoms with Gasteiger partial charge in [-0.05, 0) is 19.4 Å². The summed E-state index contributed by atoms with van der Waals surface area (Å²) in [5, 5.41) is 13.9. The Morgan fingerprint density at radius 2 is 2.10 bits per heavy atom. The monoisotopic (exact) mass is 309 g/mol. The van der Waals surface area contributed by atoms with Crippen molar-refractivity contribution in [1.29, 1.82) is 0 Å². The van der Waals surface area contributed by atoms with E-state index in [9.17, 15) is 9.59 Å². The normalized spacial score (nSPS) is 10.8. The zero-order chi connectivity index (χ0) is 15.6. The molecule has 0 saturated carbocycles. The second-order valence-corrected chi connectivity index (χ2v) is 4.94. The maximum absolute atomic E-state index is 11.9. The van der Waals surface area contributed by atoms with Crippen LogP contribution in [0.15, 0.2) is 23.1 Å². The summed E-state index contributed by atoms with van der Waals surface area (Å²) in [6.45, 7) is 4.71. The molecular weight excluding hydrogens is 294 g/mol. The van der Waals surface area contributed by atoms with Crippen LogP contribution in [0.4, 0.5) is 0 Å². The molecule has 0 unspecified atom stereocenters. The molecule has 0 amide bonds. The molecule has 21 heavy (non-hydrogen) atoms. The summed E-state index contributed by atoms with van der Waals surface area (Å²) in [7, 11) is 0. The van der Waals surface area contributed by atoms with E-state index in [4.69, 9.17) is 16.7 Å². The summed E-state index contributed by atoms with van der Waals surface area (Å²) in [5.41, 5.74) is 1.26. The molecular formula is C14H16ClN3O3. The minimum atomic E-state index is -1.08. The molecule has 0 aliphatic heterocycles. The molecule has 2 aromatic rings. The van der Waals surface area contributed by atoms with Crippen molar-refractivity contribution in [3.63, 3.8) is 0 Å². The predicted octanol–water partition coefficient (Wildman–Crippen LogP) is 2.03. The van der Waals surface area contributed by atoms with Crippen LogP contribution in [0.1, 0.15) is 35.6 Å². The lowest BCUT2D eigenvalue weighted by Crippen LogP contribution is -2.22. The molecule has 2 rings (SSSR count). The van der Waals surface area contributed by atoms with Gasteiger partial charge in [0.05, 0.1) is 28.5 Å². The number of pyridine rings is 1. The molecule has 7 heteroatoms. The first-order valence-corrected chi connectivity index (χ1v) is 7.03. The first kappa shape index (κ1) is 15.3. The van der Waals surface area contributed by atoms with Gasteiger partial charge in [-0.2, -0.15) is 5.10 Å².